The standard InChI is InChI=1S/C29H40O3/c1-7-18-28(6)24(15-12-16-25(28)32-20-22-13-10-9-11-14-22)26(30)29(31)19-17-21(3)23(8-2)27(29,4)5/h7-11,13-15,18,25-26,30-31H,2,12,16-17,19-20H2,1,3-6H3/b18-7-/t25-,26+,28-,29-/m1/s1. The van der Waals surface area contributed by atoms with Gasteiger partial charge in [0.15, 0.2) is 0 Å². The molecule has 2 N–H and O–H groups in total. The van der Waals surface area contributed by atoms with Crippen molar-refractivity contribution < 1.29 is 14.9 Å². The second-order valence-corrected chi connectivity index (χ2v) is 10.2. The first-order chi connectivity index (χ1) is 15.1. The highest BCUT2D eigenvalue weighted by molar-refractivity contribution is 5.40. The van der Waals surface area contributed by atoms with Gasteiger partial charge < -0.3 is 14.9 Å². The molecule has 0 saturated carbocycles. The van der Waals surface area contributed by atoms with Gasteiger partial charge in [0.05, 0.1) is 12.7 Å². The summed E-state index contributed by atoms with van der Waals surface area (Å²) in [5, 5.41) is 23.8. The van der Waals surface area contributed by atoms with Crippen molar-refractivity contribution in [2.45, 2.75) is 84.7 Å². The largest absolute Gasteiger partial charge is 0.386 e. The highest BCUT2D eigenvalue weighted by Gasteiger charge is 2.56. The maximum atomic E-state index is 12.0. The van der Waals surface area contributed by atoms with Crippen molar-refractivity contribution in [3.8, 4) is 0 Å². The van der Waals surface area contributed by atoms with Crippen LogP contribution < -0.4 is 0 Å². The van der Waals surface area contributed by atoms with Crippen LogP contribution in [-0.2, 0) is 11.3 Å². The average molecular weight is 437 g/mol. The Bertz CT molecular complexity index is 908. The maximum absolute atomic E-state index is 12.0. The highest BCUT2D eigenvalue weighted by Crippen LogP contribution is 2.54. The summed E-state index contributed by atoms with van der Waals surface area (Å²) < 4.78 is 6.44. The van der Waals surface area contributed by atoms with Gasteiger partial charge >= 0.3 is 0 Å². The van der Waals surface area contributed by atoms with Gasteiger partial charge in [-0.15, -0.1) is 0 Å². The molecule has 0 saturated heterocycles. The molecule has 3 rings (SSSR count). The van der Waals surface area contributed by atoms with E-state index in [0.717, 1.165) is 36.0 Å². The van der Waals surface area contributed by atoms with Crippen LogP contribution in [0.2, 0.25) is 0 Å². The predicted octanol–water partition coefficient (Wildman–Crippen LogP) is 6.29. The second kappa shape index (κ2) is 9.51. The SMILES string of the molecule is C=CC1=C(C)CC[C@@](O)([C@@H](O)C2=CCC[C@@H](OCc3ccccc3)[C@]2(C)/C=C\C)C1(C)C. The van der Waals surface area contributed by atoms with Crippen molar-refractivity contribution in [3.63, 3.8) is 0 Å². The van der Waals surface area contributed by atoms with Crippen LogP contribution in [-0.4, -0.2) is 28.0 Å². The molecular formula is C29H40O3. The van der Waals surface area contributed by atoms with E-state index in [1.54, 1.807) is 0 Å². The molecule has 0 heterocycles. The minimum Gasteiger partial charge on any atom is -0.386 e. The Labute approximate surface area is 194 Å². The number of rotatable bonds is 7. The molecule has 0 aliphatic heterocycles. The molecule has 0 radical (unpaired) electrons. The fraction of sp³-hybridized carbons (Fsp3) is 0.517. The summed E-state index contributed by atoms with van der Waals surface area (Å²) in [7, 11) is 0. The molecule has 0 bridgehead atoms. The number of aliphatic hydroxyl groups excluding tert-OH is 1. The lowest BCUT2D eigenvalue weighted by atomic mass is 9.56. The molecule has 3 heteroatoms. The molecule has 2 aliphatic rings. The van der Waals surface area contributed by atoms with Crippen LogP contribution in [0.15, 0.2) is 77.9 Å². The van der Waals surface area contributed by atoms with Crippen molar-refractivity contribution in [1.82, 2.24) is 0 Å². The summed E-state index contributed by atoms with van der Waals surface area (Å²) in [6.07, 6.45) is 10.0. The van der Waals surface area contributed by atoms with Crippen molar-refractivity contribution in [1.29, 1.82) is 0 Å². The van der Waals surface area contributed by atoms with E-state index >= 15 is 0 Å². The number of aliphatic hydroxyl groups is 2. The fourth-order valence-corrected chi connectivity index (χ4v) is 5.84. The van der Waals surface area contributed by atoms with Gasteiger partial charge in [0.2, 0.25) is 0 Å². The van der Waals surface area contributed by atoms with Gasteiger partial charge in [-0.25, -0.2) is 0 Å². The van der Waals surface area contributed by atoms with Crippen molar-refractivity contribution >= 4 is 0 Å². The molecule has 0 amide bonds. The van der Waals surface area contributed by atoms with Crippen LogP contribution in [0, 0.1) is 10.8 Å². The summed E-state index contributed by atoms with van der Waals surface area (Å²) in [5.41, 5.74) is 1.86. The first-order valence-corrected chi connectivity index (χ1v) is 11.8. The quantitative estimate of drug-likeness (QED) is 0.494. The first kappa shape index (κ1) is 24.7. The molecule has 3 nitrogen and oxygen atoms in total. The molecule has 1 aromatic rings. The Morgan fingerprint density at radius 3 is 2.53 bits per heavy atom. The summed E-state index contributed by atoms with van der Waals surface area (Å²) >= 11 is 0. The van der Waals surface area contributed by atoms with E-state index < -0.39 is 22.5 Å². The molecule has 174 valence electrons. The predicted molar refractivity (Wildman–Crippen MR) is 132 cm³/mol. The third-order valence-electron chi connectivity index (χ3n) is 7.94. The molecule has 4 atom stereocenters. The van der Waals surface area contributed by atoms with Gasteiger partial charge in [0.1, 0.15) is 11.7 Å². The van der Waals surface area contributed by atoms with Crippen LogP contribution in [0.4, 0.5) is 0 Å². The average Bonchev–Trinajstić information content (AvgIpc) is 2.76. The van der Waals surface area contributed by atoms with E-state index in [1.165, 1.54) is 5.57 Å². The third-order valence-corrected chi connectivity index (χ3v) is 7.94. The lowest BCUT2D eigenvalue weighted by Crippen LogP contribution is -2.59. The van der Waals surface area contributed by atoms with Crippen molar-refractivity contribution in [2.75, 3.05) is 0 Å². The smallest absolute Gasteiger partial charge is 0.105 e. The lowest BCUT2D eigenvalue weighted by Gasteiger charge is -2.53. The summed E-state index contributed by atoms with van der Waals surface area (Å²) in [5.74, 6) is 0. The number of hydrogen-bond acceptors (Lipinski definition) is 3. The molecule has 2 aliphatic carbocycles. The van der Waals surface area contributed by atoms with Crippen LogP contribution in [0.1, 0.15) is 65.9 Å². The molecule has 0 fully saturated rings. The van der Waals surface area contributed by atoms with Gasteiger partial charge in [0, 0.05) is 10.8 Å². The van der Waals surface area contributed by atoms with Gasteiger partial charge in [0.25, 0.3) is 0 Å². The van der Waals surface area contributed by atoms with E-state index in [9.17, 15) is 10.2 Å². The minimum atomic E-state index is -1.29. The van der Waals surface area contributed by atoms with Gasteiger partial charge in [-0.05, 0) is 63.2 Å². The van der Waals surface area contributed by atoms with Gasteiger partial charge in [-0.2, -0.15) is 0 Å². The number of allylic oxidation sites excluding steroid dienone is 4. The van der Waals surface area contributed by atoms with Crippen molar-refractivity contribution in [3.05, 3.63) is 83.5 Å². The van der Waals surface area contributed by atoms with Crippen molar-refractivity contribution in [2.24, 2.45) is 10.8 Å². The Kier molecular flexibility index (Phi) is 7.34. The molecule has 32 heavy (non-hydrogen) atoms. The zero-order valence-corrected chi connectivity index (χ0v) is 20.4. The number of hydrogen-bond donors (Lipinski definition) is 2. The van der Waals surface area contributed by atoms with E-state index in [0.29, 0.717) is 13.0 Å². The number of benzene rings is 1. The lowest BCUT2D eigenvalue weighted by molar-refractivity contribution is -0.139. The molecular weight excluding hydrogens is 396 g/mol. The summed E-state index contributed by atoms with van der Waals surface area (Å²) in [6.45, 7) is 14.8. The van der Waals surface area contributed by atoms with E-state index in [-0.39, 0.29) is 6.10 Å². The van der Waals surface area contributed by atoms with E-state index in [2.05, 4.69) is 44.7 Å². The van der Waals surface area contributed by atoms with E-state index in [4.69, 9.17) is 4.74 Å². The summed E-state index contributed by atoms with van der Waals surface area (Å²) in [4.78, 5) is 0. The number of ether oxygens (including phenoxy) is 1. The topological polar surface area (TPSA) is 49.7 Å². The Balaban J connectivity index is 1.94. The monoisotopic (exact) mass is 436 g/mol. The summed E-state index contributed by atoms with van der Waals surface area (Å²) in [6, 6.07) is 10.2. The van der Waals surface area contributed by atoms with Crippen LogP contribution in [0.25, 0.3) is 0 Å². The van der Waals surface area contributed by atoms with Gasteiger partial charge in [-0.1, -0.05) is 80.6 Å². The molecule has 0 aromatic heterocycles. The second-order valence-electron chi connectivity index (χ2n) is 10.2. The molecule has 1 aromatic carbocycles. The zero-order valence-electron chi connectivity index (χ0n) is 20.4. The first-order valence-electron chi connectivity index (χ1n) is 11.8. The van der Waals surface area contributed by atoms with E-state index in [1.807, 2.05) is 51.1 Å². The van der Waals surface area contributed by atoms with Crippen LogP contribution in [0.5, 0.6) is 0 Å². The highest BCUT2D eigenvalue weighted by atomic mass is 16.5. The normalized spacial score (nSPS) is 31.5. The Morgan fingerprint density at radius 1 is 1.22 bits per heavy atom. The minimum absolute atomic E-state index is 0.0833. The molecule has 0 spiro atoms. The molecule has 0 unspecified atom stereocenters. The van der Waals surface area contributed by atoms with Crippen LogP contribution in [0.3, 0.4) is 0 Å². The third kappa shape index (κ3) is 4.19. The Morgan fingerprint density at radius 2 is 1.91 bits per heavy atom. The fourth-order valence-electron chi connectivity index (χ4n) is 5.84. The zero-order chi connectivity index (χ0) is 23.6. The van der Waals surface area contributed by atoms with Crippen LogP contribution >= 0.6 is 0 Å². The Hall–Kier alpha value is -1.94. The maximum Gasteiger partial charge on any atom is 0.105 e. The van der Waals surface area contributed by atoms with Gasteiger partial charge in [-0.3, -0.25) is 0 Å².